The molecule has 2 N–H and O–H groups in total. The second kappa shape index (κ2) is 6.89. The Morgan fingerprint density at radius 2 is 1.95 bits per heavy atom. The number of Topliss-reactive ketones (excluding diaryl/α,β-unsaturated/α-hetero) is 1. The summed E-state index contributed by atoms with van der Waals surface area (Å²) in [5, 5.41) is 11.6. The highest BCUT2D eigenvalue weighted by Gasteiger charge is 2.33. The number of aliphatic hydroxyl groups excluding tert-OH is 1. The number of alkyl carbamates (subject to hydrolysis) is 1. The van der Waals surface area contributed by atoms with Gasteiger partial charge in [-0.15, -0.1) is 0 Å². The third-order valence-electron chi connectivity index (χ3n) is 2.84. The normalized spacial score (nSPS) is 13.4. The zero-order valence-electron chi connectivity index (χ0n) is 11.2. The van der Waals surface area contributed by atoms with Crippen LogP contribution < -0.4 is 5.32 Å². The smallest absolute Gasteiger partial charge is 0.408 e. The van der Waals surface area contributed by atoms with Gasteiger partial charge in [-0.3, -0.25) is 4.79 Å². The molecule has 0 fully saturated rings. The maximum atomic E-state index is 11.6. The van der Waals surface area contributed by atoms with Crippen molar-refractivity contribution >= 4 is 11.9 Å². The first kappa shape index (κ1) is 15.2. The largest absolute Gasteiger partial charge is 0.445 e. The Morgan fingerprint density at radius 3 is 2.47 bits per heavy atom. The molecule has 0 heterocycles. The van der Waals surface area contributed by atoms with Crippen molar-refractivity contribution < 1.29 is 19.4 Å². The number of ketones is 1. The fourth-order valence-electron chi connectivity index (χ4n) is 1.57. The topological polar surface area (TPSA) is 75.6 Å². The van der Waals surface area contributed by atoms with E-state index in [1.165, 1.54) is 6.92 Å². The Labute approximate surface area is 112 Å². The van der Waals surface area contributed by atoms with E-state index in [9.17, 15) is 14.7 Å². The Morgan fingerprint density at radius 1 is 1.32 bits per heavy atom. The van der Waals surface area contributed by atoms with Gasteiger partial charge in [0.15, 0.2) is 5.78 Å². The first-order valence-corrected chi connectivity index (χ1v) is 6.15. The van der Waals surface area contributed by atoms with E-state index >= 15 is 0 Å². The molecule has 0 saturated carbocycles. The van der Waals surface area contributed by atoms with Gasteiger partial charge in [-0.1, -0.05) is 37.3 Å². The Kier molecular flexibility index (Phi) is 5.51. The first-order chi connectivity index (χ1) is 9.01. The van der Waals surface area contributed by atoms with Crippen LogP contribution >= 0.6 is 0 Å². The molecule has 0 bridgehead atoms. The zero-order chi connectivity index (χ0) is 14.3. The minimum absolute atomic E-state index is 0.120. The number of carbonyl (C=O) groups is 2. The summed E-state index contributed by atoms with van der Waals surface area (Å²) in [7, 11) is 0. The van der Waals surface area contributed by atoms with E-state index in [2.05, 4.69) is 5.32 Å². The number of rotatable bonds is 6. The van der Waals surface area contributed by atoms with Crippen LogP contribution in [0.3, 0.4) is 0 Å². The Balaban J connectivity index is 2.52. The van der Waals surface area contributed by atoms with Crippen molar-refractivity contribution in [2.45, 2.75) is 32.4 Å². The second-order valence-corrected chi connectivity index (χ2v) is 4.45. The third-order valence-corrected chi connectivity index (χ3v) is 2.84. The molecule has 1 atom stereocenters. The molecule has 0 radical (unpaired) electrons. The fourth-order valence-corrected chi connectivity index (χ4v) is 1.57. The van der Waals surface area contributed by atoms with Crippen LogP contribution in [0.15, 0.2) is 30.3 Å². The van der Waals surface area contributed by atoms with Gasteiger partial charge in [0, 0.05) is 6.42 Å². The molecule has 0 saturated heterocycles. The lowest BCUT2D eigenvalue weighted by Gasteiger charge is -2.26. The average Bonchev–Trinajstić information content (AvgIpc) is 2.45. The van der Waals surface area contributed by atoms with Crippen molar-refractivity contribution in [1.29, 1.82) is 0 Å². The predicted octanol–water partition coefficient (Wildman–Crippen LogP) is 1.64. The molecule has 1 aromatic rings. The molecule has 5 nitrogen and oxygen atoms in total. The molecule has 0 aromatic heterocycles. The molecular formula is C14H19NO4. The zero-order valence-corrected chi connectivity index (χ0v) is 11.2. The molecule has 5 heteroatoms. The van der Waals surface area contributed by atoms with Crippen molar-refractivity contribution in [2.75, 3.05) is 6.61 Å². The van der Waals surface area contributed by atoms with Crippen LogP contribution in [0.5, 0.6) is 0 Å². The highest BCUT2D eigenvalue weighted by atomic mass is 16.5. The van der Waals surface area contributed by atoms with E-state index in [1.807, 2.05) is 30.3 Å². The number of ether oxygens (including phenoxy) is 1. The van der Waals surface area contributed by atoms with E-state index in [4.69, 9.17) is 4.74 Å². The number of hydrogen-bond acceptors (Lipinski definition) is 4. The monoisotopic (exact) mass is 265 g/mol. The van der Waals surface area contributed by atoms with Gasteiger partial charge in [0.25, 0.3) is 0 Å². The Hall–Kier alpha value is -1.88. The van der Waals surface area contributed by atoms with Crippen molar-refractivity contribution in [1.82, 2.24) is 5.32 Å². The van der Waals surface area contributed by atoms with Gasteiger partial charge >= 0.3 is 6.09 Å². The number of benzene rings is 1. The number of carbonyl (C=O) groups excluding carboxylic acids is 2. The van der Waals surface area contributed by atoms with Gasteiger partial charge in [0.1, 0.15) is 12.1 Å². The minimum Gasteiger partial charge on any atom is -0.445 e. The molecule has 0 aliphatic rings. The molecule has 1 unspecified atom stereocenters. The standard InChI is InChI=1S/C14H19NO4/c1-3-12(17)14(2,10-16)15-13(18)19-9-11-7-5-4-6-8-11/h4-8,16H,3,9-10H2,1-2H3,(H,15,18). The summed E-state index contributed by atoms with van der Waals surface area (Å²) >= 11 is 0. The number of aliphatic hydroxyl groups is 1. The third kappa shape index (κ3) is 4.37. The summed E-state index contributed by atoms with van der Waals surface area (Å²) < 4.78 is 5.01. The highest BCUT2D eigenvalue weighted by Crippen LogP contribution is 2.08. The van der Waals surface area contributed by atoms with Crippen LogP contribution in [0, 0.1) is 0 Å². The van der Waals surface area contributed by atoms with Crippen molar-refractivity contribution in [2.24, 2.45) is 0 Å². The lowest BCUT2D eigenvalue weighted by atomic mass is 9.96. The van der Waals surface area contributed by atoms with Gasteiger partial charge < -0.3 is 15.2 Å². The van der Waals surface area contributed by atoms with Crippen LogP contribution in [-0.4, -0.2) is 29.1 Å². The number of nitrogens with one attached hydrogen (secondary N) is 1. The summed E-state index contributed by atoms with van der Waals surface area (Å²) in [6.07, 6.45) is -0.488. The molecule has 1 aromatic carbocycles. The van der Waals surface area contributed by atoms with Crippen molar-refractivity contribution in [3.8, 4) is 0 Å². The molecule has 104 valence electrons. The summed E-state index contributed by atoms with van der Waals surface area (Å²) in [6.45, 7) is 2.81. The summed E-state index contributed by atoms with van der Waals surface area (Å²) in [6, 6.07) is 9.21. The number of amides is 1. The average molecular weight is 265 g/mol. The van der Waals surface area contributed by atoms with Gasteiger partial charge in [0.05, 0.1) is 6.61 Å². The van der Waals surface area contributed by atoms with E-state index in [0.29, 0.717) is 0 Å². The van der Waals surface area contributed by atoms with Crippen LogP contribution in [0.1, 0.15) is 25.8 Å². The Bertz CT molecular complexity index is 432. The van der Waals surface area contributed by atoms with E-state index in [1.54, 1.807) is 6.92 Å². The van der Waals surface area contributed by atoms with Crippen LogP contribution in [0.4, 0.5) is 4.79 Å². The van der Waals surface area contributed by atoms with Gasteiger partial charge in [-0.2, -0.15) is 0 Å². The molecular weight excluding hydrogens is 246 g/mol. The summed E-state index contributed by atoms with van der Waals surface area (Å²) in [5.74, 6) is -0.244. The molecule has 1 rings (SSSR count). The predicted molar refractivity (Wildman–Crippen MR) is 70.6 cm³/mol. The summed E-state index contributed by atoms with van der Waals surface area (Å²) in [4.78, 5) is 23.3. The van der Waals surface area contributed by atoms with Crippen LogP contribution in [0.2, 0.25) is 0 Å². The minimum atomic E-state index is -1.29. The maximum Gasteiger partial charge on any atom is 0.408 e. The van der Waals surface area contributed by atoms with E-state index < -0.39 is 18.2 Å². The van der Waals surface area contributed by atoms with Gasteiger partial charge in [-0.05, 0) is 12.5 Å². The first-order valence-electron chi connectivity index (χ1n) is 6.15. The lowest BCUT2D eigenvalue weighted by molar-refractivity contribution is -0.125. The van der Waals surface area contributed by atoms with Gasteiger partial charge in [-0.25, -0.2) is 4.79 Å². The number of hydrogen-bond donors (Lipinski definition) is 2. The summed E-state index contributed by atoms with van der Waals surface area (Å²) in [5.41, 5.74) is -0.437. The SMILES string of the molecule is CCC(=O)C(C)(CO)NC(=O)OCc1ccccc1. The van der Waals surface area contributed by atoms with Crippen molar-refractivity contribution in [3.05, 3.63) is 35.9 Å². The van der Waals surface area contributed by atoms with Crippen molar-refractivity contribution in [3.63, 3.8) is 0 Å². The highest BCUT2D eigenvalue weighted by molar-refractivity contribution is 5.91. The molecule has 0 spiro atoms. The molecule has 1 amide bonds. The molecule has 0 aliphatic carbocycles. The van der Waals surface area contributed by atoms with Crippen LogP contribution in [0.25, 0.3) is 0 Å². The van der Waals surface area contributed by atoms with Gasteiger partial charge in [0.2, 0.25) is 0 Å². The van der Waals surface area contributed by atoms with E-state index in [-0.39, 0.29) is 18.8 Å². The molecule has 0 aliphatic heterocycles. The quantitative estimate of drug-likeness (QED) is 0.820. The molecule has 19 heavy (non-hydrogen) atoms. The lowest BCUT2D eigenvalue weighted by Crippen LogP contribution is -2.54. The van der Waals surface area contributed by atoms with E-state index in [0.717, 1.165) is 5.56 Å². The van der Waals surface area contributed by atoms with Crippen LogP contribution in [-0.2, 0) is 16.1 Å². The second-order valence-electron chi connectivity index (χ2n) is 4.45. The fraction of sp³-hybridized carbons (Fsp3) is 0.429. The maximum absolute atomic E-state index is 11.6.